The second-order valence-corrected chi connectivity index (χ2v) is 4.93. The number of nitrogens with zero attached hydrogens (tertiary/aromatic N) is 2. The van der Waals surface area contributed by atoms with Gasteiger partial charge in [0.2, 0.25) is 0 Å². The Hall–Kier alpha value is -2.37. The number of urea groups is 1. The van der Waals surface area contributed by atoms with Gasteiger partial charge < -0.3 is 10.0 Å². The quantitative estimate of drug-likeness (QED) is 0.850. The maximum absolute atomic E-state index is 12.4. The predicted molar refractivity (Wildman–Crippen MR) is 72.3 cm³/mol. The molecular weight excluding hydrogens is 260 g/mol. The summed E-state index contributed by atoms with van der Waals surface area (Å²) in [6.45, 7) is 3.49. The monoisotopic (exact) mass is 276 g/mol. The van der Waals surface area contributed by atoms with Crippen LogP contribution in [0.15, 0.2) is 30.3 Å². The number of benzene rings is 1. The normalized spacial score (nSPS) is 19.6. The summed E-state index contributed by atoms with van der Waals surface area (Å²) in [5.41, 5.74) is 0.388. The fraction of sp³-hybridized carbons (Fsp3) is 0.357. The molecule has 1 aliphatic heterocycles. The Morgan fingerprint density at radius 2 is 1.85 bits per heavy atom. The van der Waals surface area contributed by atoms with Crippen LogP contribution >= 0.6 is 0 Å². The first-order valence-electron chi connectivity index (χ1n) is 6.36. The fourth-order valence-electron chi connectivity index (χ4n) is 2.16. The smallest absolute Gasteiger partial charge is 0.331 e. The third kappa shape index (κ3) is 2.36. The van der Waals surface area contributed by atoms with Gasteiger partial charge in [-0.15, -0.1) is 0 Å². The van der Waals surface area contributed by atoms with Gasteiger partial charge in [0.05, 0.1) is 5.69 Å². The van der Waals surface area contributed by atoms with Crippen LogP contribution in [0.1, 0.15) is 13.8 Å². The van der Waals surface area contributed by atoms with Crippen molar-refractivity contribution < 1.29 is 19.5 Å². The number of imide groups is 1. The Kier molecular flexibility index (Phi) is 3.74. The zero-order valence-electron chi connectivity index (χ0n) is 11.3. The lowest BCUT2D eigenvalue weighted by Gasteiger charge is -2.39. The summed E-state index contributed by atoms with van der Waals surface area (Å²) in [6.07, 6.45) is 0. The molecule has 1 aliphatic rings. The molecule has 0 radical (unpaired) electrons. The van der Waals surface area contributed by atoms with Gasteiger partial charge in [-0.05, 0) is 26.0 Å². The highest BCUT2D eigenvalue weighted by molar-refractivity contribution is 6.21. The molecule has 6 heteroatoms. The summed E-state index contributed by atoms with van der Waals surface area (Å²) in [7, 11) is 0. The minimum Gasteiger partial charge on any atom is -0.481 e. The van der Waals surface area contributed by atoms with E-state index in [1.807, 2.05) is 0 Å². The number of carboxylic acids is 1. The predicted octanol–water partition coefficient (Wildman–Crippen LogP) is 1.56. The molecule has 1 atom stereocenters. The average Bonchev–Trinajstić information content (AvgIpc) is 2.39. The lowest BCUT2D eigenvalue weighted by Crippen LogP contribution is -2.60. The van der Waals surface area contributed by atoms with E-state index >= 15 is 0 Å². The number of aliphatic carboxylic acids is 1. The van der Waals surface area contributed by atoms with E-state index in [1.54, 1.807) is 44.2 Å². The molecule has 0 bridgehead atoms. The van der Waals surface area contributed by atoms with E-state index in [2.05, 4.69) is 0 Å². The molecule has 106 valence electrons. The third-order valence-corrected chi connectivity index (χ3v) is 3.27. The molecule has 0 aromatic heterocycles. The van der Waals surface area contributed by atoms with Gasteiger partial charge in [-0.25, -0.2) is 9.69 Å². The van der Waals surface area contributed by atoms with E-state index in [1.165, 1.54) is 4.90 Å². The number of anilines is 1. The number of carbonyl (C=O) groups excluding carboxylic acids is 2. The average molecular weight is 276 g/mol. The summed E-state index contributed by atoms with van der Waals surface area (Å²) < 4.78 is 0. The van der Waals surface area contributed by atoms with Crippen LogP contribution in [0.2, 0.25) is 0 Å². The van der Waals surface area contributed by atoms with Crippen LogP contribution < -0.4 is 4.90 Å². The van der Waals surface area contributed by atoms with Crippen LogP contribution in [0.25, 0.3) is 0 Å². The molecule has 1 aromatic carbocycles. The summed E-state index contributed by atoms with van der Waals surface area (Å²) in [5.74, 6) is -3.13. The van der Waals surface area contributed by atoms with E-state index in [0.717, 1.165) is 4.90 Å². The van der Waals surface area contributed by atoms with Crippen molar-refractivity contribution in [1.29, 1.82) is 0 Å². The molecule has 1 unspecified atom stereocenters. The maximum atomic E-state index is 12.4. The number of amides is 3. The highest BCUT2D eigenvalue weighted by Gasteiger charge is 2.44. The van der Waals surface area contributed by atoms with Crippen LogP contribution in [0.5, 0.6) is 0 Å². The topological polar surface area (TPSA) is 77.9 Å². The summed E-state index contributed by atoms with van der Waals surface area (Å²) in [6, 6.07) is 7.71. The molecule has 1 heterocycles. The standard InChI is InChI=1S/C14H16N2O4/c1-9(2)15-8-11(13(18)19)12(17)16(14(15)20)10-6-4-3-5-7-10/h3-7,9,11H,8H2,1-2H3,(H,18,19). The summed E-state index contributed by atoms with van der Waals surface area (Å²) >= 11 is 0. The van der Waals surface area contributed by atoms with Crippen molar-refractivity contribution in [2.24, 2.45) is 5.92 Å². The molecule has 20 heavy (non-hydrogen) atoms. The molecule has 3 amide bonds. The van der Waals surface area contributed by atoms with E-state index in [-0.39, 0.29) is 12.6 Å². The number of carboxylic acid groups (broad SMARTS) is 1. The first-order valence-corrected chi connectivity index (χ1v) is 6.36. The molecule has 0 spiro atoms. The first-order chi connectivity index (χ1) is 9.43. The van der Waals surface area contributed by atoms with E-state index < -0.39 is 23.8 Å². The molecule has 0 saturated carbocycles. The van der Waals surface area contributed by atoms with Crippen molar-refractivity contribution in [3.05, 3.63) is 30.3 Å². The molecule has 1 N–H and O–H groups in total. The maximum Gasteiger partial charge on any atom is 0.331 e. The van der Waals surface area contributed by atoms with Crippen molar-refractivity contribution in [3.63, 3.8) is 0 Å². The van der Waals surface area contributed by atoms with Crippen molar-refractivity contribution in [2.75, 3.05) is 11.4 Å². The van der Waals surface area contributed by atoms with Crippen LogP contribution in [0.3, 0.4) is 0 Å². The van der Waals surface area contributed by atoms with E-state index in [4.69, 9.17) is 0 Å². The van der Waals surface area contributed by atoms with Gasteiger partial charge in [0, 0.05) is 12.6 Å². The number of rotatable bonds is 3. The lowest BCUT2D eigenvalue weighted by molar-refractivity contribution is -0.147. The third-order valence-electron chi connectivity index (χ3n) is 3.27. The van der Waals surface area contributed by atoms with Crippen LogP contribution in [0.4, 0.5) is 10.5 Å². The first kappa shape index (κ1) is 14.0. The Morgan fingerprint density at radius 1 is 1.25 bits per heavy atom. The molecule has 2 rings (SSSR count). The van der Waals surface area contributed by atoms with Gasteiger partial charge in [0.25, 0.3) is 5.91 Å². The summed E-state index contributed by atoms with van der Waals surface area (Å²) in [5, 5.41) is 9.17. The van der Waals surface area contributed by atoms with Crippen molar-refractivity contribution >= 4 is 23.6 Å². The zero-order valence-corrected chi connectivity index (χ0v) is 11.3. The number of hydrogen-bond donors (Lipinski definition) is 1. The van der Waals surface area contributed by atoms with Crippen LogP contribution in [-0.4, -0.2) is 40.5 Å². The number of carbonyl (C=O) groups is 3. The highest BCUT2D eigenvalue weighted by Crippen LogP contribution is 2.25. The second-order valence-electron chi connectivity index (χ2n) is 4.93. The Bertz CT molecular complexity index is 541. The second kappa shape index (κ2) is 5.32. The Morgan fingerprint density at radius 3 is 2.35 bits per heavy atom. The van der Waals surface area contributed by atoms with Gasteiger partial charge in [0.1, 0.15) is 0 Å². The van der Waals surface area contributed by atoms with E-state index in [9.17, 15) is 19.5 Å². The molecule has 1 saturated heterocycles. The Balaban J connectivity index is 2.44. The molecule has 0 aliphatic carbocycles. The van der Waals surface area contributed by atoms with Gasteiger partial charge in [0.15, 0.2) is 5.92 Å². The van der Waals surface area contributed by atoms with E-state index in [0.29, 0.717) is 5.69 Å². The van der Waals surface area contributed by atoms with Crippen molar-refractivity contribution in [3.8, 4) is 0 Å². The van der Waals surface area contributed by atoms with Gasteiger partial charge in [-0.1, -0.05) is 18.2 Å². The zero-order chi connectivity index (χ0) is 14.9. The number of para-hydroxylation sites is 1. The largest absolute Gasteiger partial charge is 0.481 e. The van der Waals surface area contributed by atoms with Gasteiger partial charge >= 0.3 is 12.0 Å². The molecule has 6 nitrogen and oxygen atoms in total. The van der Waals surface area contributed by atoms with Crippen molar-refractivity contribution in [1.82, 2.24) is 4.90 Å². The minimum absolute atomic E-state index is 0.0893. The minimum atomic E-state index is -1.23. The highest BCUT2D eigenvalue weighted by atomic mass is 16.4. The van der Waals surface area contributed by atoms with Crippen LogP contribution in [-0.2, 0) is 9.59 Å². The number of hydrogen-bond acceptors (Lipinski definition) is 3. The molecule has 1 aromatic rings. The fourth-order valence-corrected chi connectivity index (χ4v) is 2.16. The van der Waals surface area contributed by atoms with Gasteiger partial charge in [-0.2, -0.15) is 0 Å². The summed E-state index contributed by atoms with van der Waals surface area (Å²) in [4.78, 5) is 38.2. The van der Waals surface area contributed by atoms with Gasteiger partial charge in [-0.3, -0.25) is 9.59 Å². The Labute approximate surface area is 116 Å². The van der Waals surface area contributed by atoms with Crippen molar-refractivity contribution in [2.45, 2.75) is 19.9 Å². The molecular formula is C14H16N2O4. The SMILES string of the molecule is CC(C)N1CC(C(=O)O)C(=O)N(c2ccccc2)C1=O. The van der Waals surface area contributed by atoms with Crippen LogP contribution in [0, 0.1) is 5.92 Å². The molecule has 1 fully saturated rings. The lowest BCUT2D eigenvalue weighted by atomic mass is 10.0.